The lowest BCUT2D eigenvalue weighted by atomic mass is 10.0. The van der Waals surface area contributed by atoms with Crippen molar-refractivity contribution in [3.63, 3.8) is 0 Å². The number of fused-ring (bicyclic) bond motifs is 1. The van der Waals surface area contributed by atoms with Gasteiger partial charge in [0.25, 0.3) is 0 Å². The first kappa shape index (κ1) is 25.1. The number of aromatic nitrogens is 1. The molecular formula is C24H32FN5O5. The minimum atomic E-state index is -1.02. The van der Waals surface area contributed by atoms with Gasteiger partial charge in [-0.05, 0) is 25.2 Å². The van der Waals surface area contributed by atoms with Crippen LogP contribution in [0.1, 0.15) is 18.0 Å². The summed E-state index contributed by atoms with van der Waals surface area (Å²) in [5.74, 6) is -2.37. The van der Waals surface area contributed by atoms with E-state index >= 15 is 0 Å². The van der Waals surface area contributed by atoms with Gasteiger partial charge in [-0.25, -0.2) is 4.39 Å². The Balaban J connectivity index is 1.47. The Kier molecular flexibility index (Phi) is 7.68. The Morgan fingerprint density at radius 2 is 1.69 bits per heavy atom. The van der Waals surface area contributed by atoms with Crippen LogP contribution in [0.2, 0.25) is 0 Å². The van der Waals surface area contributed by atoms with Crippen LogP contribution in [0.25, 0.3) is 10.9 Å². The predicted molar refractivity (Wildman–Crippen MR) is 127 cm³/mol. The highest BCUT2D eigenvalue weighted by molar-refractivity contribution is 5.90. The molecule has 190 valence electrons. The second-order valence-corrected chi connectivity index (χ2v) is 9.32. The highest BCUT2D eigenvalue weighted by Crippen LogP contribution is 2.32. The van der Waals surface area contributed by atoms with Crippen LogP contribution in [0.3, 0.4) is 0 Å². The molecule has 0 radical (unpaired) electrons. The van der Waals surface area contributed by atoms with Gasteiger partial charge in [0.15, 0.2) is 0 Å². The van der Waals surface area contributed by atoms with Gasteiger partial charge < -0.3 is 24.6 Å². The molecule has 2 saturated heterocycles. The first-order valence-electron chi connectivity index (χ1n) is 11.9. The summed E-state index contributed by atoms with van der Waals surface area (Å²) in [5.41, 5.74) is 0.990. The van der Waals surface area contributed by atoms with Crippen LogP contribution in [0.4, 0.5) is 4.39 Å². The van der Waals surface area contributed by atoms with Crippen molar-refractivity contribution in [1.82, 2.24) is 24.2 Å². The van der Waals surface area contributed by atoms with Crippen molar-refractivity contribution in [2.75, 3.05) is 66.0 Å². The van der Waals surface area contributed by atoms with Crippen LogP contribution >= 0.6 is 0 Å². The van der Waals surface area contributed by atoms with Gasteiger partial charge in [-0.15, -0.1) is 0 Å². The summed E-state index contributed by atoms with van der Waals surface area (Å²) in [6, 6.07) is 3.19. The molecule has 11 heteroatoms. The van der Waals surface area contributed by atoms with Crippen molar-refractivity contribution in [1.29, 1.82) is 0 Å². The van der Waals surface area contributed by atoms with E-state index in [1.807, 2.05) is 16.8 Å². The fourth-order valence-corrected chi connectivity index (χ4v) is 4.93. The number of halogens is 1. The maximum atomic E-state index is 13.9. The lowest BCUT2D eigenvalue weighted by Crippen LogP contribution is -2.54. The number of aliphatic carboxylic acids is 2. The molecule has 2 aromatic rings. The summed E-state index contributed by atoms with van der Waals surface area (Å²) in [4.78, 5) is 44.1. The van der Waals surface area contributed by atoms with E-state index in [1.54, 1.807) is 16.8 Å². The molecule has 0 spiro atoms. The van der Waals surface area contributed by atoms with Crippen LogP contribution < -0.4 is 0 Å². The number of hydrogen-bond acceptors (Lipinski definition) is 6. The molecule has 10 nitrogen and oxygen atoms in total. The number of amides is 1. The molecule has 1 aromatic carbocycles. The van der Waals surface area contributed by atoms with Crippen molar-refractivity contribution in [2.24, 2.45) is 0 Å². The number of likely N-dealkylation sites (N-methyl/N-ethyl adjacent to an activating group) is 1. The van der Waals surface area contributed by atoms with Gasteiger partial charge >= 0.3 is 11.9 Å². The number of hydrogen-bond donors (Lipinski definition) is 2. The monoisotopic (exact) mass is 489 g/mol. The number of piperazine rings is 2. The maximum Gasteiger partial charge on any atom is 0.325 e. The van der Waals surface area contributed by atoms with Crippen molar-refractivity contribution < 1.29 is 29.0 Å². The molecule has 1 aromatic heterocycles. The Labute approximate surface area is 203 Å². The number of nitrogens with zero attached hydrogens (tertiary/aromatic N) is 5. The average molecular weight is 490 g/mol. The van der Waals surface area contributed by atoms with E-state index in [9.17, 15) is 23.9 Å². The zero-order valence-electron chi connectivity index (χ0n) is 19.9. The summed E-state index contributed by atoms with van der Waals surface area (Å²) >= 11 is 0. The van der Waals surface area contributed by atoms with Gasteiger partial charge in [0.2, 0.25) is 5.91 Å². The minimum absolute atomic E-state index is 0.102. The normalized spacial score (nSPS) is 19.2. The number of carboxylic acids is 2. The third kappa shape index (κ3) is 5.80. The van der Waals surface area contributed by atoms with Gasteiger partial charge in [-0.3, -0.25) is 24.2 Å². The van der Waals surface area contributed by atoms with Gasteiger partial charge in [0, 0.05) is 76.0 Å². The zero-order valence-corrected chi connectivity index (χ0v) is 19.9. The van der Waals surface area contributed by atoms with Crippen LogP contribution in [0.15, 0.2) is 24.4 Å². The SMILES string of the molecule is CN1CCN(C(=O)CN2CCN([C@@H](C(=O)O)c3cn(CCC(=O)O)c4cc(F)ccc34)CC2)CC1. The van der Waals surface area contributed by atoms with Crippen molar-refractivity contribution in [3.8, 4) is 0 Å². The molecule has 35 heavy (non-hydrogen) atoms. The Hall–Kier alpha value is -3.02. The lowest BCUT2D eigenvalue weighted by molar-refractivity contribution is -0.145. The lowest BCUT2D eigenvalue weighted by Gasteiger charge is -2.39. The topological polar surface area (TPSA) is 110 Å². The van der Waals surface area contributed by atoms with Crippen molar-refractivity contribution in [3.05, 3.63) is 35.8 Å². The third-order valence-electron chi connectivity index (χ3n) is 6.96. The Bertz CT molecular complexity index is 1090. The number of carboxylic acid groups (broad SMARTS) is 2. The summed E-state index contributed by atoms with van der Waals surface area (Å²) < 4.78 is 15.6. The summed E-state index contributed by atoms with van der Waals surface area (Å²) in [6.07, 6.45) is 1.48. The van der Waals surface area contributed by atoms with Crippen molar-refractivity contribution in [2.45, 2.75) is 19.0 Å². The molecular weight excluding hydrogens is 457 g/mol. The van der Waals surface area contributed by atoms with Crippen LogP contribution in [0, 0.1) is 5.82 Å². The molecule has 0 saturated carbocycles. The summed E-state index contributed by atoms with van der Waals surface area (Å²) in [7, 11) is 2.04. The highest BCUT2D eigenvalue weighted by Gasteiger charge is 2.33. The van der Waals surface area contributed by atoms with E-state index in [-0.39, 0.29) is 18.9 Å². The number of aryl methyl sites for hydroxylation is 1. The highest BCUT2D eigenvalue weighted by atomic mass is 19.1. The molecule has 1 amide bonds. The second kappa shape index (κ2) is 10.7. The molecule has 2 fully saturated rings. The maximum absolute atomic E-state index is 13.9. The van der Waals surface area contributed by atoms with Gasteiger partial charge in [-0.2, -0.15) is 0 Å². The van der Waals surface area contributed by atoms with Crippen LogP contribution in [0.5, 0.6) is 0 Å². The van der Waals surface area contributed by atoms with Gasteiger partial charge in [0.1, 0.15) is 11.9 Å². The van der Waals surface area contributed by atoms with Gasteiger partial charge in [0.05, 0.1) is 18.5 Å². The second-order valence-electron chi connectivity index (χ2n) is 9.32. The molecule has 3 heterocycles. The number of carbonyl (C=O) groups is 3. The molecule has 0 bridgehead atoms. The Morgan fingerprint density at radius 3 is 2.31 bits per heavy atom. The number of rotatable bonds is 8. The fourth-order valence-electron chi connectivity index (χ4n) is 4.93. The molecule has 4 rings (SSSR count). The number of carbonyl (C=O) groups excluding carboxylic acids is 1. The molecule has 1 atom stereocenters. The van der Waals surface area contributed by atoms with E-state index in [2.05, 4.69) is 9.80 Å². The van der Waals surface area contributed by atoms with Crippen LogP contribution in [-0.2, 0) is 20.9 Å². The molecule has 2 aliphatic rings. The average Bonchev–Trinajstić information content (AvgIpc) is 3.16. The minimum Gasteiger partial charge on any atom is -0.481 e. The molecule has 2 N–H and O–H groups in total. The Morgan fingerprint density at radius 1 is 1.00 bits per heavy atom. The quantitative estimate of drug-likeness (QED) is 0.560. The van der Waals surface area contributed by atoms with E-state index in [4.69, 9.17) is 5.11 Å². The number of benzene rings is 1. The zero-order chi connectivity index (χ0) is 25.1. The van der Waals surface area contributed by atoms with Gasteiger partial charge in [-0.1, -0.05) is 0 Å². The summed E-state index contributed by atoms with van der Waals surface area (Å²) in [5, 5.41) is 19.8. The van der Waals surface area contributed by atoms with E-state index < -0.39 is 23.8 Å². The molecule has 0 unspecified atom stereocenters. The smallest absolute Gasteiger partial charge is 0.325 e. The van der Waals surface area contributed by atoms with Crippen LogP contribution in [-0.4, -0.2) is 118 Å². The first-order valence-corrected chi connectivity index (χ1v) is 11.9. The van der Waals surface area contributed by atoms with E-state index in [1.165, 1.54) is 12.1 Å². The van der Waals surface area contributed by atoms with E-state index in [0.717, 1.165) is 26.2 Å². The predicted octanol–water partition coefficient (Wildman–Crippen LogP) is 0.772. The molecule has 2 aliphatic heterocycles. The van der Waals surface area contributed by atoms with Crippen molar-refractivity contribution >= 4 is 28.7 Å². The fraction of sp³-hybridized carbons (Fsp3) is 0.542. The third-order valence-corrected chi connectivity index (χ3v) is 6.96. The van der Waals surface area contributed by atoms with E-state index in [0.29, 0.717) is 49.2 Å². The standard InChI is InChI=1S/C24H32FN5O5/c1-26-6-10-28(11-7-26)21(31)16-27-8-12-29(13-9-27)23(24(34)35)19-15-30(5-4-22(32)33)20-14-17(25)2-3-18(19)20/h2-3,14-15,23H,4-13,16H2,1H3,(H,32,33)(H,34,35)/t23-/m1/s1. The summed E-state index contributed by atoms with van der Waals surface area (Å²) in [6.45, 7) is 5.68. The largest absolute Gasteiger partial charge is 0.481 e. The first-order chi connectivity index (χ1) is 16.7. The molecule has 0 aliphatic carbocycles.